The molecule has 3 aliphatic rings. The summed E-state index contributed by atoms with van der Waals surface area (Å²) in [4.78, 5) is 12.1. The van der Waals surface area contributed by atoms with Crippen LogP contribution in [-0.4, -0.2) is 17.5 Å². The third-order valence-corrected chi connectivity index (χ3v) is 5.40. The van der Waals surface area contributed by atoms with Gasteiger partial charge >= 0.3 is 0 Å². The molecule has 4 atom stereocenters. The van der Waals surface area contributed by atoms with E-state index in [1.807, 2.05) is 0 Å². The van der Waals surface area contributed by atoms with Crippen molar-refractivity contribution in [1.82, 2.24) is 0 Å². The molecule has 1 heterocycles. The van der Waals surface area contributed by atoms with Crippen LogP contribution < -0.4 is 0 Å². The SMILES string of the molecule is C=C1C(=O)C[C@H]2O[C@]2(C)CC[C@@H]2[C@@H]1CC2(C)C. The van der Waals surface area contributed by atoms with Gasteiger partial charge in [-0.1, -0.05) is 20.4 Å². The van der Waals surface area contributed by atoms with Gasteiger partial charge in [-0.3, -0.25) is 4.79 Å². The Morgan fingerprint density at radius 1 is 1.35 bits per heavy atom. The molecule has 0 aromatic carbocycles. The zero-order valence-electron chi connectivity index (χ0n) is 11.1. The highest BCUT2D eigenvalue weighted by Crippen LogP contribution is 2.58. The van der Waals surface area contributed by atoms with Crippen LogP contribution in [0.15, 0.2) is 12.2 Å². The van der Waals surface area contributed by atoms with E-state index < -0.39 is 0 Å². The minimum absolute atomic E-state index is 0.0174. The lowest BCUT2D eigenvalue weighted by molar-refractivity contribution is -0.118. The van der Waals surface area contributed by atoms with E-state index in [1.54, 1.807) is 0 Å². The van der Waals surface area contributed by atoms with E-state index in [0.29, 0.717) is 23.7 Å². The van der Waals surface area contributed by atoms with Gasteiger partial charge in [0.25, 0.3) is 0 Å². The Morgan fingerprint density at radius 3 is 2.71 bits per heavy atom. The molecule has 0 aromatic heterocycles. The molecule has 0 spiro atoms. The van der Waals surface area contributed by atoms with Crippen LogP contribution >= 0.6 is 0 Å². The predicted molar refractivity (Wildman–Crippen MR) is 66.7 cm³/mol. The minimum atomic E-state index is -0.0174. The lowest BCUT2D eigenvalue weighted by Gasteiger charge is -2.52. The fourth-order valence-corrected chi connectivity index (χ4v) is 3.92. The van der Waals surface area contributed by atoms with Crippen molar-refractivity contribution in [3.05, 3.63) is 12.2 Å². The number of ketones is 1. The number of ether oxygens (including phenoxy) is 1. The summed E-state index contributed by atoms with van der Waals surface area (Å²) in [5, 5.41) is 0. The highest BCUT2D eigenvalue weighted by Gasteiger charge is 2.57. The summed E-state index contributed by atoms with van der Waals surface area (Å²) in [6, 6.07) is 0. The second-order valence-electron chi connectivity index (χ2n) is 7.02. The van der Waals surface area contributed by atoms with Gasteiger partial charge in [0.05, 0.1) is 11.7 Å². The van der Waals surface area contributed by atoms with Crippen molar-refractivity contribution in [3.63, 3.8) is 0 Å². The molecular weight excluding hydrogens is 212 g/mol. The van der Waals surface area contributed by atoms with E-state index in [-0.39, 0.29) is 17.5 Å². The van der Waals surface area contributed by atoms with Crippen LogP contribution in [0.2, 0.25) is 0 Å². The minimum Gasteiger partial charge on any atom is -0.366 e. The fourth-order valence-electron chi connectivity index (χ4n) is 3.92. The number of allylic oxidation sites excluding steroid dienone is 1. The third-order valence-electron chi connectivity index (χ3n) is 5.40. The maximum atomic E-state index is 12.1. The molecular formula is C15H22O2. The van der Waals surface area contributed by atoms with Gasteiger partial charge in [-0.15, -0.1) is 0 Å². The maximum absolute atomic E-state index is 12.1. The highest BCUT2D eigenvalue weighted by atomic mass is 16.6. The second-order valence-corrected chi connectivity index (χ2v) is 7.02. The Balaban J connectivity index is 1.85. The Morgan fingerprint density at radius 2 is 2.06 bits per heavy atom. The highest BCUT2D eigenvalue weighted by molar-refractivity contribution is 5.96. The number of carbonyl (C=O) groups excluding carboxylic acids is 1. The zero-order chi connectivity index (χ0) is 12.4. The number of carbonyl (C=O) groups is 1. The molecule has 2 saturated carbocycles. The van der Waals surface area contributed by atoms with Crippen LogP contribution in [0.1, 0.15) is 46.5 Å². The topological polar surface area (TPSA) is 29.6 Å². The van der Waals surface area contributed by atoms with Gasteiger partial charge in [0.2, 0.25) is 0 Å². The maximum Gasteiger partial charge on any atom is 0.161 e. The van der Waals surface area contributed by atoms with Crippen LogP contribution in [0, 0.1) is 17.3 Å². The van der Waals surface area contributed by atoms with Crippen molar-refractivity contribution < 1.29 is 9.53 Å². The molecule has 17 heavy (non-hydrogen) atoms. The average Bonchev–Trinajstić information content (AvgIpc) is 2.84. The second kappa shape index (κ2) is 3.23. The van der Waals surface area contributed by atoms with E-state index in [2.05, 4.69) is 27.4 Å². The third kappa shape index (κ3) is 1.61. The number of epoxide rings is 1. The van der Waals surface area contributed by atoms with E-state index in [9.17, 15) is 4.79 Å². The first-order chi connectivity index (χ1) is 7.83. The van der Waals surface area contributed by atoms with Crippen molar-refractivity contribution >= 4 is 5.78 Å². The monoisotopic (exact) mass is 234 g/mol. The first kappa shape index (κ1) is 11.5. The van der Waals surface area contributed by atoms with Crippen molar-refractivity contribution in [2.45, 2.75) is 58.2 Å². The predicted octanol–water partition coefficient (Wildman–Crippen LogP) is 3.12. The Labute approximate surface area is 103 Å². The number of rotatable bonds is 0. The average molecular weight is 234 g/mol. The molecule has 0 amide bonds. The summed E-state index contributed by atoms with van der Waals surface area (Å²) in [7, 11) is 0. The summed E-state index contributed by atoms with van der Waals surface area (Å²) < 4.78 is 5.71. The first-order valence-electron chi connectivity index (χ1n) is 6.73. The molecule has 1 aliphatic heterocycles. The summed E-state index contributed by atoms with van der Waals surface area (Å²) in [6.07, 6.45) is 4.12. The van der Waals surface area contributed by atoms with Gasteiger partial charge in [-0.05, 0) is 49.0 Å². The lowest BCUT2D eigenvalue weighted by atomic mass is 9.52. The standard InChI is InChI=1S/C15H22O2/c1-9-10-8-14(2,3)11(10)5-6-15(4)13(17-15)7-12(9)16/h10-11,13H,1,5-8H2,2-4H3/t10-,11-,13-,15-/m1/s1. The van der Waals surface area contributed by atoms with Gasteiger partial charge in [0.15, 0.2) is 5.78 Å². The van der Waals surface area contributed by atoms with E-state index in [4.69, 9.17) is 4.74 Å². The summed E-state index contributed by atoms with van der Waals surface area (Å²) >= 11 is 0. The molecule has 0 aromatic rings. The summed E-state index contributed by atoms with van der Waals surface area (Å²) in [6.45, 7) is 10.8. The van der Waals surface area contributed by atoms with Gasteiger partial charge in [-0.2, -0.15) is 0 Å². The number of hydrogen-bond acceptors (Lipinski definition) is 2. The van der Waals surface area contributed by atoms with Gasteiger partial charge < -0.3 is 4.74 Å². The smallest absolute Gasteiger partial charge is 0.161 e. The molecule has 2 nitrogen and oxygen atoms in total. The molecule has 0 bridgehead atoms. The number of Topliss-reactive ketones (excluding diaryl/α,β-unsaturated/α-hetero) is 1. The number of fused-ring (bicyclic) bond motifs is 2. The van der Waals surface area contributed by atoms with E-state index in [1.165, 1.54) is 6.42 Å². The zero-order valence-corrected chi connectivity index (χ0v) is 11.1. The van der Waals surface area contributed by atoms with Crippen LogP contribution in [0.5, 0.6) is 0 Å². The molecule has 2 heteroatoms. The number of hydrogen-bond donors (Lipinski definition) is 0. The van der Waals surface area contributed by atoms with Gasteiger partial charge in [0.1, 0.15) is 0 Å². The summed E-state index contributed by atoms with van der Waals surface area (Å²) in [5.41, 5.74) is 1.23. The normalized spacial score (nSPS) is 48.1. The van der Waals surface area contributed by atoms with Crippen molar-refractivity contribution in [3.8, 4) is 0 Å². The van der Waals surface area contributed by atoms with Crippen molar-refractivity contribution in [2.24, 2.45) is 17.3 Å². The molecule has 3 rings (SSSR count). The van der Waals surface area contributed by atoms with Crippen LogP contribution in [-0.2, 0) is 9.53 Å². The molecule has 0 unspecified atom stereocenters. The Bertz CT molecular complexity index is 396. The van der Waals surface area contributed by atoms with Crippen molar-refractivity contribution in [1.29, 1.82) is 0 Å². The van der Waals surface area contributed by atoms with Crippen LogP contribution in [0.25, 0.3) is 0 Å². The molecule has 0 N–H and O–H groups in total. The molecule has 1 saturated heterocycles. The van der Waals surface area contributed by atoms with Gasteiger partial charge in [0, 0.05) is 6.42 Å². The fraction of sp³-hybridized carbons (Fsp3) is 0.800. The summed E-state index contributed by atoms with van der Waals surface area (Å²) in [5.74, 6) is 1.31. The molecule has 94 valence electrons. The van der Waals surface area contributed by atoms with Crippen LogP contribution in [0.3, 0.4) is 0 Å². The van der Waals surface area contributed by atoms with Crippen LogP contribution in [0.4, 0.5) is 0 Å². The Kier molecular flexibility index (Phi) is 2.17. The quantitative estimate of drug-likeness (QED) is 0.476. The lowest BCUT2D eigenvalue weighted by Crippen LogP contribution is -2.45. The largest absolute Gasteiger partial charge is 0.366 e. The van der Waals surface area contributed by atoms with E-state index in [0.717, 1.165) is 18.4 Å². The molecule has 2 aliphatic carbocycles. The van der Waals surface area contributed by atoms with Crippen molar-refractivity contribution in [2.75, 3.05) is 0 Å². The van der Waals surface area contributed by atoms with Gasteiger partial charge in [-0.25, -0.2) is 0 Å². The van der Waals surface area contributed by atoms with E-state index >= 15 is 0 Å². The molecule has 3 fully saturated rings. The Hall–Kier alpha value is -0.630. The molecule has 0 radical (unpaired) electrons. The first-order valence-corrected chi connectivity index (χ1v) is 6.73.